The number of hydrogen-bond donors (Lipinski definition) is 6. The van der Waals surface area contributed by atoms with E-state index in [1.54, 1.807) is 18.2 Å². The first-order chi connectivity index (χ1) is 11.5. The molecule has 8 nitrogen and oxygen atoms in total. The molecule has 0 spiro atoms. The number of pyridine rings is 1. The lowest BCUT2D eigenvalue weighted by Gasteiger charge is -2.03. The Morgan fingerprint density at radius 1 is 1.21 bits per heavy atom. The molecule has 0 aliphatic carbocycles. The summed E-state index contributed by atoms with van der Waals surface area (Å²) >= 11 is 1.89. The first-order valence-electron chi connectivity index (χ1n) is 6.82. The molecule has 0 saturated carbocycles. The molecule has 1 aliphatic heterocycles. The lowest BCUT2D eigenvalue weighted by molar-refractivity contribution is 0.0999. The second-order valence-corrected chi connectivity index (χ2v) is 5.64. The third-order valence-electron chi connectivity index (χ3n) is 3.02. The third kappa shape index (κ3) is 5.06. The molecule has 126 valence electrons. The Balaban J connectivity index is 0.000000346. The van der Waals surface area contributed by atoms with E-state index >= 15 is 0 Å². The fraction of sp³-hybridized carbons (Fsp3) is 0.133. The van der Waals surface area contributed by atoms with Gasteiger partial charge in [-0.25, -0.2) is 11.1 Å². The van der Waals surface area contributed by atoms with E-state index in [1.807, 2.05) is 11.8 Å². The van der Waals surface area contributed by atoms with Crippen molar-refractivity contribution in [1.82, 2.24) is 4.98 Å². The highest BCUT2D eigenvalue weighted by molar-refractivity contribution is 8.02. The molecule has 1 aliphatic rings. The van der Waals surface area contributed by atoms with E-state index in [2.05, 4.69) is 16.5 Å². The van der Waals surface area contributed by atoms with Crippen LogP contribution in [0.2, 0.25) is 0 Å². The van der Waals surface area contributed by atoms with Crippen LogP contribution in [0.3, 0.4) is 0 Å². The van der Waals surface area contributed by atoms with Gasteiger partial charge in [0, 0.05) is 16.8 Å². The van der Waals surface area contributed by atoms with Crippen LogP contribution in [-0.4, -0.2) is 22.5 Å². The summed E-state index contributed by atoms with van der Waals surface area (Å²) in [6.07, 6.45) is 3.48. The van der Waals surface area contributed by atoms with Crippen molar-refractivity contribution >= 4 is 34.4 Å². The largest absolute Gasteiger partial charge is 0.384 e. The van der Waals surface area contributed by atoms with Gasteiger partial charge in [-0.1, -0.05) is 18.2 Å². The van der Waals surface area contributed by atoms with Crippen molar-refractivity contribution in [2.45, 2.75) is 6.42 Å². The predicted octanol–water partition coefficient (Wildman–Crippen LogP) is 2.14. The number of amides is 1. The molecule has 24 heavy (non-hydrogen) atoms. The number of thioether (sulfide) groups is 1. The Morgan fingerprint density at radius 2 is 1.92 bits per heavy atom. The van der Waals surface area contributed by atoms with Crippen LogP contribution >= 0.6 is 11.8 Å². The smallest absolute Gasteiger partial charge is 0.261 e. The first kappa shape index (κ1) is 19.1. The number of hydrogen-bond acceptors (Lipinski definition) is 6. The van der Waals surface area contributed by atoms with E-state index in [-0.39, 0.29) is 11.4 Å². The van der Waals surface area contributed by atoms with Crippen LogP contribution in [0.5, 0.6) is 0 Å². The van der Waals surface area contributed by atoms with Crippen LogP contribution in [0.4, 0.5) is 0 Å². The number of aromatic nitrogens is 1. The van der Waals surface area contributed by atoms with Crippen molar-refractivity contribution in [1.29, 1.82) is 16.5 Å². The Morgan fingerprint density at radius 3 is 2.38 bits per heavy atom. The zero-order valence-corrected chi connectivity index (χ0v) is 13.6. The number of nitrogen functional groups attached to an aromatic ring is 1. The number of allylic oxidation sites excluding steroid dienone is 1. The molecule has 1 aromatic heterocycles. The average molecular weight is 346 g/mol. The highest BCUT2D eigenvalue weighted by Gasteiger charge is 2.08. The van der Waals surface area contributed by atoms with E-state index in [4.69, 9.17) is 27.9 Å². The van der Waals surface area contributed by atoms with Crippen LogP contribution in [0.25, 0.3) is 10.9 Å². The predicted molar refractivity (Wildman–Crippen MR) is 95.8 cm³/mol. The SMILES string of the molecule is C1=CSCC1.N=C(N)c1ccc2cc(C(N)=O)c(=O)[nH]c2c1.N=N. The number of benzene rings is 1. The number of carbonyl (C=O) groups excluding carboxylic acids is 1. The summed E-state index contributed by atoms with van der Waals surface area (Å²) in [6.45, 7) is 0. The maximum Gasteiger partial charge on any atom is 0.261 e. The zero-order chi connectivity index (χ0) is 18.1. The van der Waals surface area contributed by atoms with E-state index in [0.717, 1.165) is 0 Å². The monoisotopic (exact) mass is 346 g/mol. The van der Waals surface area contributed by atoms with Gasteiger partial charge in [0.15, 0.2) is 0 Å². The molecule has 0 radical (unpaired) electrons. The number of aromatic amines is 1. The van der Waals surface area contributed by atoms with Crippen molar-refractivity contribution in [3.63, 3.8) is 0 Å². The number of rotatable bonds is 2. The summed E-state index contributed by atoms with van der Waals surface area (Å²) in [6, 6.07) is 6.28. The van der Waals surface area contributed by atoms with Crippen molar-refractivity contribution in [2.24, 2.45) is 11.5 Å². The van der Waals surface area contributed by atoms with Gasteiger partial charge in [-0.3, -0.25) is 15.0 Å². The van der Waals surface area contributed by atoms with Gasteiger partial charge in [0.25, 0.3) is 11.5 Å². The van der Waals surface area contributed by atoms with Crippen molar-refractivity contribution in [3.8, 4) is 0 Å². The molecule has 1 amide bonds. The van der Waals surface area contributed by atoms with Crippen LogP contribution in [0.15, 0.2) is 40.5 Å². The maximum atomic E-state index is 11.5. The Labute approximate surface area is 142 Å². The van der Waals surface area contributed by atoms with Crippen LogP contribution < -0.4 is 17.0 Å². The van der Waals surface area contributed by atoms with Gasteiger partial charge in [0.2, 0.25) is 0 Å². The summed E-state index contributed by atoms with van der Waals surface area (Å²) in [4.78, 5) is 25.0. The van der Waals surface area contributed by atoms with Gasteiger partial charge in [-0.05, 0) is 29.3 Å². The van der Waals surface area contributed by atoms with Gasteiger partial charge in [0.1, 0.15) is 11.4 Å². The van der Waals surface area contributed by atoms with E-state index in [0.29, 0.717) is 16.5 Å². The summed E-state index contributed by atoms with van der Waals surface area (Å²) in [5.41, 5.74) is 20.8. The van der Waals surface area contributed by atoms with Gasteiger partial charge in [-0.15, -0.1) is 11.8 Å². The molecule has 0 atom stereocenters. The molecule has 0 unspecified atom stereocenters. The second-order valence-electron chi connectivity index (χ2n) is 4.62. The lowest BCUT2D eigenvalue weighted by Crippen LogP contribution is -2.23. The van der Waals surface area contributed by atoms with Gasteiger partial charge in [-0.2, -0.15) is 0 Å². The maximum absolute atomic E-state index is 11.5. The summed E-state index contributed by atoms with van der Waals surface area (Å²) in [7, 11) is 0. The van der Waals surface area contributed by atoms with Crippen molar-refractivity contribution < 1.29 is 4.79 Å². The Hall–Kier alpha value is -2.94. The number of fused-ring (bicyclic) bond motifs is 1. The molecule has 0 saturated heterocycles. The number of carbonyl (C=O) groups is 1. The van der Waals surface area contributed by atoms with Crippen LogP contribution in [0, 0.1) is 16.5 Å². The minimum absolute atomic E-state index is 0.0897. The average Bonchev–Trinajstić information content (AvgIpc) is 3.15. The highest BCUT2D eigenvalue weighted by atomic mass is 32.2. The number of nitrogens with one attached hydrogen (secondary N) is 4. The number of amidine groups is 1. The Bertz CT molecular complexity index is 824. The van der Waals surface area contributed by atoms with E-state index < -0.39 is 11.5 Å². The second kappa shape index (κ2) is 9.26. The molecule has 2 aromatic rings. The topological polar surface area (TPSA) is 174 Å². The lowest BCUT2D eigenvalue weighted by atomic mass is 10.1. The molecule has 0 bridgehead atoms. The quantitative estimate of drug-likeness (QED) is 0.278. The molecule has 9 heteroatoms. The zero-order valence-electron chi connectivity index (χ0n) is 12.8. The van der Waals surface area contributed by atoms with Crippen molar-refractivity contribution in [2.75, 3.05) is 5.75 Å². The third-order valence-corrected chi connectivity index (χ3v) is 3.87. The first-order valence-corrected chi connectivity index (χ1v) is 7.87. The van der Waals surface area contributed by atoms with E-state index in [9.17, 15) is 9.59 Å². The molecule has 2 heterocycles. The normalized spacial score (nSPS) is 11.8. The standard InChI is InChI=1S/C11H10N4O2.C4H6S.H2N2/c12-9(13)6-2-1-5-3-7(10(14)16)11(17)15-8(5)4-6;1-2-4-5-3-1;1-2/h1-4H,(H3,12,13)(H2,14,16)(H,15,17);1,3H,2,4H2;1-2H. The van der Waals surface area contributed by atoms with Crippen LogP contribution in [0.1, 0.15) is 22.3 Å². The molecule has 3 rings (SSSR count). The molecular weight excluding hydrogens is 328 g/mol. The van der Waals surface area contributed by atoms with Gasteiger partial charge >= 0.3 is 0 Å². The molecule has 0 fully saturated rings. The van der Waals surface area contributed by atoms with Gasteiger partial charge in [0.05, 0.1) is 0 Å². The summed E-state index contributed by atoms with van der Waals surface area (Å²) in [5.74, 6) is 0.440. The summed E-state index contributed by atoms with van der Waals surface area (Å²) < 4.78 is 0. The van der Waals surface area contributed by atoms with Crippen molar-refractivity contribution in [3.05, 3.63) is 57.2 Å². The fourth-order valence-electron chi connectivity index (χ4n) is 1.89. The number of nitrogens with two attached hydrogens (primary N) is 2. The van der Waals surface area contributed by atoms with Gasteiger partial charge < -0.3 is 16.5 Å². The fourth-order valence-corrected chi connectivity index (χ4v) is 2.57. The van der Waals surface area contributed by atoms with E-state index in [1.165, 1.54) is 18.2 Å². The highest BCUT2D eigenvalue weighted by Crippen LogP contribution is 2.13. The minimum atomic E-state index is -0.774. The molecule has 8 N–H and O–H groups in total. The van der Waals surface area contributed by atoms with Crippen LogP contribution in [-0.2, 0) is 0 Å². The molecular formula is C15H18N6O2S. The Kier molecular flexibility index (Phi) is 7.37. The molecule has 1 aromatic carbocycles. The minimum Gasteiger partial charge on any atom is -0.384 e. The number of primary amides is 1. The summed E-state index contributed by atoms with van der Waals surface area (Å²) in [5, 5.41) is 10.1. The number of H-pyrrole nitrogens is 1.